The molecule has 7 heteroatoms. The summed E-state index contributed by atoms with van der Waals surface area (Å²) in [4.78, 5) is 23.8. The number of Topliss-reactive ketones (excluding diaryl/α,β-unsaturated/α-hetero) is 1. The first kappa shape index (κ1) is 21.5. The van der Waals surface area contributed by atoms with Crippen LogP contribution < -0.4 is 4.74 Å². The molecule has 0 spiro atoms. The Morgan fingerprint density at radius 3 is 2.21 bits per heavy atom. The summed E-state index contributed by atoms with van der Waals surface area (Å²) in [5, 5.41) is 0. The first-order valence-electron chi connectivity index (χ1n) is 8.88. The largest absolute Gasteiger partial charge is 0.489 e. The Morgan fingerprint density at radius 2 is 1.64 bits per heavy atom. The minimum Gasteiger partial charge on any atom is -0.489 e. The fraction of sp³-hybridized carbons (Fsp3) is 0.333. The van der Waals surface area contributed by atoms with E-state index in [1.807, 2.05) is 30.3 Å². The maximum atomic E-state index is 13.1. The van der Waals surface area contributed by atoms with Crippen molar-refractivity contribution in [2.45, 2.75) is 45.1 Å². The van der Waals surface area contributed by atoms with Crippen molar-refractivity contribution in [1.29, 1.82) is 0 Å². The van der Waals surface area contributed by atoms with Crippen molar-refractivity contribution in [3.63, 3.8) is 0 Å². The van der Waals surface area contributed by atoms with Gasteiger partial charge in [-0.3, -0.25) is 4.79 Å². The average molecular weight is 394 g/mol. The predicted octanol–water partition coefficient (Wildman–Crippen LogP) is 5.11. The lowest BCUT2D eigenvalue weighted by molar-refractivity contribution is -0.204. The summed E-state index contributed by atoms with van der Waals surface area (Å²) < 4.78 is 49.3. The minimum absolute atomic E-state index is 0.0930. The van der Waals surface area contributed by atoms with E-state index >= 15 is 0 Å². The molecule has 0 saturated carbocycles. The molecule has 0 aliphatic rings. The van der Waals surface area contributed by atoms with E-state index in [1.54, 1.807) is 6.92 Å². The second-order valence-corrected chi connectivity index (χ2v) is 6.20. The Balaban J connectivity index is 1.99. The molecular formula is C21H21F3O4. The highest BCUT2D eigenvalue weighted by molar-refractivity contribution is 5.93. The van der Waals surface area contributed by atoms with Crippen LogP contribution in [-0.2, 0) is 16.1 Å². The molecule has 1 atom stereocenters. The van der Waals surface area contributed by atoms with Gasteiger partial charge in [-0.25, -0.2) is 4.79 Å². The lowest BCUT2D eigenvalue weighted by Gasteiger charge is -2.19. The molecule has 4 nitrogen and oxygen atoms in total. The van der Waals surface area contributed by atoms with Crippen LogP contribution >= 0.6 is 0 Å². The van der Waals surface area contributed by atoms with Crippen molar-refractivity contribution >= 4 is 11.8 Å². The summed E-state index contributed by atoms with van der Waals surface area (Å²) >= 11 is 0. The molecule has 0 fully saturated rings. The van der Waals surface area contributed by atoms with Gasteiger partial charge in [-0.15, -0.1) is 0 Å². The van der Waals surface area contributed by atoms with Crippen molar-refractivity contribution in [3.05, 3.63) is 65.7 Å². The lowest BCUT2D eigenvalue weighted by atomic mass is 10.1. The predicted molar refractivity (Wildman–Crippen MR) is 97.0 cm³/mol. The van der Waals surface area contributed by atoms with E-state index in [2.05, 4.69) is 4.74 Å². The number of esters is 1. The van der Waals surface area contributed by atoms with Gasteiger partial charge in [0.05, 0.1) is 5.56 Å². The zero-order valence-corrected chi connectivity index (χ0v) is 15.4. The molecule has 1 unspecified atom stereocenters. The molecule has 2 rings (SSSR count). The second kappa shape index (κ2) is 9.92. The maximum Gasteiger partial charge on any atom is 0.432 e. The Bertz CT molecular complexity index is 770. The number of ether oxygens (including phenoxy) is 2. The van der Waals surface area contributed by atoms with Crippen LogP contribution in [-0.4, -0.2) is 24.0 Å². The first-order valence-corrected chi connectivity index (χ1v) is 8.88. The molecule has 0 N–H and O–H groups in total. The number of ketones is 1. The number of benzene rings is 2. The van der Waals surface area contributed by atoms with Gasteiger partial charge in [-0.2, -0.15) is 13.2 Å². The Morgan fingerprint density at radius 1 is 1.00 bits per heavy atom. The molecule has 2 aromatic rings. The zero-order valence-electron chi connectivity index (χ0n) is 15.4. The number of carbonyl (C=O) groups excluding carboxylic acids is 2. The number of rotatable bonds is 9. The highest BCUT2D eigenvalue weighted by Gasteiger charge is 2.47. The molecule has 0 radical (unpaired) electrons. The molecule has 0 saturated heterocycles. The Kier molecular flexibility index (Phi) is 7.61. The standard InChI is InChI=1S/C21H21F3O4/c1-2-3-9-18(25)19(21(22,23)24)28-20(26)16-10-12-17(13-11-16)27-14-15-7-5-4-6-8-15/h4-8,10-13,19H,2-3,9,14H2,1H3. The summed E-state index contributed by atoms with van der Waals surface area (Å²) in [5.74, 6) is -1.90. The molecule has 0 bridgehead atoms. The van der Waals surface area contributed by atoms with Gasteiger partial charge in [0.2, 0.25) is 0 Å². The van der Waals surface area contributed by atoms with Crippen molar-refractivity contribution in [1.82, 2.24) is 0 Å². The molecule has 0 heterocycles. The van der Waals surface area contributed by atoms with Crippen LogP contribution in [0.5, 0.6) is 5.75 Å². The van der Waals surface area contributed by atoms with Crippen LogP contribution in [0.4, 0.5) is 13.2 Å². The van der Waals surface area contributed by atoms with Crippen molar-refractivity contribution in [2.24, 2.45) is 0 Å². The third-order valence-corrected chi connectivity index (χ3v) is 3.93. The average Bonchev–Trinajstić information content (AvgIpc) is 2.68. The molecule has 0 amide bonds. The van der Waals surface area contributed by atoms with Gasteiger partial charge in [0.15, 0.2) is 5.78 Å². The van der Waals surface area contributed by atoms with E-state index in [0.717, 1.165) is 5.56 Å². The lowest BCUT2D eigenvalue weighted by Crippen LogP contribution is -2.40. The number of halogens is 3. The number of alkyl halides is 3. The van der Waals surface area contributed by atoms with Crippen LogP contribution in [0.3, 0.4) is 0 Å². The SMILES string of the molecule is CCCCC(=O)C(OC(=O)c1ccc(OCc2ccccc2)cc1)C(F)(F)F. The molecule has 0 aliphatic heterocycles. The van der Waals surface area contributed by atoms with Gasteiger partial charge in [0.25, 0.3) is 6.10 Å². The van der Waals surface area contributed by atoms with E-state index in [-0.39, 0.29) is 12.0 Å². The van der Waals surface area contributed by atoms with Crippen molar-refractivity contribution < 1.29 is 32.2 Å². The van der Waals surface area contributed by atoms with Crippen molar-refractivity contribution in [2.75, 3.05) is 0 Å². The molecule has 0 aromatic heterocycles. The monoisotopic (exact) mass is 394 g/mol. The molecule has 150 valence electrons. The maximum absolute atomic E-state index is 13.1. The summed E-state index contributed by atoms with van der Waals surface area (Å²) in [5.41, 5.74) is 0.856. The summed E-state index contributed by atoms with van der Waals surface area (Å²) in [6.45, 7) is 2.07. The van der Waals surface area contributed by atoms with Crippen LogP contribution in [0.25, 0.3) is 0 Å². The van der Waals surface area contributed by atoms with Gasteiger partial charge in [-0.05, 0) is 36.2 Å². The quantitative estimate of drug-likeness (QED) is 0.555. The molecule has 2 aromatic carbocycles. The van der Waals surface area contributed by atoms with Gasteiger partial charge >= 0.3 is 12.1 Å². The number of carbonyl (C=O) groups is 2. The third-order valence-electron chi connectivity index (χ3n) is 3.93. The topological polar surface area (TPSA) is 52.6 Å². The summed E-state index contributed by atoms with van der Waals surface area (Å²) in [6.07, 6.45) is -7.12. The smallest absolute Gasteiger partial charge is 0.432 e. The van der Waals surface area contributed by atoms with Crippen molar-refractivity contribution in [3.8, 4) is 5.75 Å². The van der Waals surface area contributed by atoms with E-state index < -0.39 is 24.0 Å². The van der Waals surface area contributed by atoms with E-state index in [1.165, 1.54) is 24.3 Å². The highest BCUT2D eigenvalue weighted by Crippen LogP contribution is 2.26. The van der Waals surface area contributed by atoms with E-state index in [4.69, 9.17) is 4.74 Å². The number of unbranched alkanes of at least 4 members (excludes halogenated alkanes) is 1. The summed E-state index contributed by atoms with van der Waals surface area (Å²) in [6, 6.07) is 14.9. The fourth-order valence-corrected chi connectivity index (χ4v) is 2.40. The third kappa shape index (κ3) is 6.40. The van der Waals surface area contributed by atoms with E-state index in [9.17, 15) is 22.8 Å². The van der Waals surface area contributed by atoms with Crippen LogP contribution in [0.1, 0.15) is 42.1 Å². The van der Waals surface area contributed by atoms with Gasteiger partial charge in [0.1, 0.15) is 12.4 Å². The Hall–Kier alpha value is -2.83. The van der Waals surface area contributed by atoms with E-state index in [0.29, 0.717) is 25.2 Å². The first-order chi connectivity index (χ1) is 13.3. The Labute approximate surface area is 161 Å². The second-order valence-electron chi connectivity index (χ2n) is 6.20. The number of hydrogen-bond donors (Lipinski definition) is 0. The fourth-order valence-electron chi connectivity index (χ4n) is 2.40. The molecule has 0 aliphatic carbocycles. The normalized spacial score (nSPS) is 12.3. The minimum atomic E-state index is -4.95. The molecular weight excluding hydrogens is 373 g/mol. The van der Waals surface area contributed by atoms with Gasteiger partial charge in [0, 0.05) is 6.42 Å². The van der Waals surface area contributed by atoms with Crippen LogP contribution in [0.15, 0.2) is 54.6 Å². The molecule has 28 heavy (non-hydrogen) atoms. The summed E-state index contributed by atoms with van der Waals surface area (Å²) in [7, 11) is 0. The van der Waals surface area contributed by atoms with Crippen LogP contribution in [0, 0.1) is 0 Å². The van der Waals surface area contributed by atoms with Gasteiger partial charge < -0.3 is 9.47 Å². The zero-order chi connectivity index (χ0) is 20.6. The highest BCUT2D eigenvalue weighted by atomic mass is 19.4. The number of hydrogen-bond acceptors (Lipinski definition) is 4. The van der Waals surface area contributed by atoms with Crippen LogP contribution in [0.2, 0.25) is 0 Å². The van der Waals surface area contributed by atoms with Gasteiger partial charge in [-0.1, -0.05) is 43.7 Å².